The van der Waals surface area contributed by atoms with E-state index in [-0.39, 0.29) is 0 Å². The molecule has 3 heterocycles. The van der Waals surface area contributed by atoms with Crippen LogP contribution in [0.15, 0.2) is 30.7 Å². The molecule has 6 heteroatoms. The molecule has 1 fully saturated rings. The van der Waals surface area contributed by atoms with Crippen LogP contribution in [0.25, 0.3) is 0 Å². The second kappa shape index (κ2) is 5.79. The lowest BCUT2D eigenvalue weighted by molar-refractivity contribution is 0.321. The van der Waals surface area contributed by atoms with Crippen molar-refractivity contribution in [1.29, 1.82) is 0 Å². The van der Waals surface area contributed by atoms with Gasteiger partial charge in [-0.15, -0.1) is 0 Å². The third-order valence-corrected chi connectivity index (χ3v) is 3.35. The first-order chi connectivity index (χ1) is 9.40. The van der Waals surface area contributed by atoms with Crippen LogP contribution < -0.4 is 10.6 Å². The standard InChI is InChI=1S/C13H18N6/c1-5-15-13(16-6-1)17-12-4-9-19(18-12)10-11-2-7-14-8-3-11/h1,4-6,9,11,14H,2-3,7-8,10H2,(H,15,16,17,18). The Morgan fingerprint density at radius 3 is 2.84 bits per heavy atom. The number of nitrogens with zero attached hydrogens (tertiary/aromatic N) is 4. The first kappa shape index (κ1) is 12.1. The summed E-state index contributed by atoms with van der Waals surface area (Å²) in [4.78, 5) is 8.24. The lowest BCUT2D eigenvalue weighted by atomic mass is 9.98. The lowest BCUT2D eigenvalue weighted by Crippen LogP contribution is -2.30. The minimum atomic E-state index is 0.578. The SMILES string of the molecule is c1cnc(Nc2ccn(CC3CCNCC3)n2)nc1. The molecule has 1 aliphatic heterocycles. The van der Waals surface area contributed by atoms with Gasteiger partial charge in [0.1, 0.15) is 0 Å². The van der Waals surface area contributed by atoms with Crippen LogP contribution in [0, 0.1) is 5.92 Å². The lowest BCUT2D eigenvalue weighted by Gasteiger charge is -2.22. The fraction of sp³-hybridized carbons (Fsp3) is 0.462. The fourth-order valence-electron chi connectivity index (χ4n) is 2.34. The van der Waals surface area contributed by atoms with Gasteiger partial charge in [-0.05, 0) is 37.9 Å². The molecule has 0 radical (unpaired) electrons. The summed E-state index contributed by atoms with van der Waals surface area (Å²) in [7, 11) is 0. The van der Waals surface area contributed by atoms with Gasteiger partial charge in [-0.1, -0.05) is 0 Å². The van der Waals surface area contributed by atoms with Gasteiger partial charge in [0.05, 0.1) is 0 Å². The van der Waals surface area contributed by atoms with Crippen LogP contribution in [0.4, 0.5) is 11.8 Å². The van der Waals surface area contributed by atoms with Crippen molar-refractivity contribution < 1.29 is 0 Å². The number of hydrogen-bond acceptors (Lipinski definition) is 5. The summed E-state index contributed by atoms with van der Waals surface area (Å²) in [5, 5.41) is 11.0. The van der Waals surface area contributed by atoms with Crippen molar-refractivity contribution in [2.75, 3.05) is 18.4 Å². The van der Waals surface area contributed by atoms with Crippen LogP contribution >= 0.6 is 0 Å². The summed E-state index contributed by atoms with van der Waals surface area (Å²) in [5.74, 6) is 2.09. The Kier molecular flexibility index (Phi) is 3.69. The average Bonchev–Trinajstić information content (AvgIpc) is 2.88. The topological polar surface area (TPSA) is 67.7 Å². The third-order valence-electron chi connectivity index (χ3n) is 3.35. The highest BCUT2D eigenvalue weighted by molar-refractivity contribution is 5.45. The smallest absolute Gasteiger partial charge is 0.228 e. The number of anilines is 2. The van der Waals surface area contributed by atoms with Crippen LogP contribution in [0.5, 0.6) is 0 Å². The van der Waals surface area contributed by atoms with E-state index in [9.17, 15) is 0 Å². The molecule has 2 aromatic heterocycles. The van der Waals surface area contributed by atoms with E-state index in [0.717, 1.165) is 31.4 Å². The molecular formula is C13H18N6. The van der Waals surface area contributed by atoms with Crippen molar-refractivity contribution in [3.8, 4) is 0 Å². The molecule has 19 heavy (non-hydrogen) atoms. The molecule has 1 aliphatic rings. The molecule has 0 bridgehead atoms. The molecule has 0 atom stereocenters. The van der Waals surface area contributed by atoms with Gasteiger partial charge in [0.15, 0.2) is 5.82 Å². The summed E-state index contributed by atoms with van der Waals surface area (Å²) >= 11 is 0. The highest BCUT2D eigenvalue weighted by atomic mass is 15.3. The zero-order valence-corrected chi connectivity index (χ0v) is 10.8. The maximum absolute atomic E-state index is 4.50. The van der Waals surface area contributed by atoms with Crippen LogP contribution in [-0.2, 0) is 6.54 Å². The predicted octanol–water partition coefficient (Wildman–Crippen LogP) is 1.42. The van der Waals surface area contributed by atoms with Crippen molar-refractivity contribution in [3.63, 3.8) is 0 Å². The number of nitrogens with one attached hydrogen (secondary N) is 2. The molecule has 0 unspecified atom stereocenters. The minimum Gasteiger partial charge on any atom is -0.317 e. The second-order valence-electron chi connectivity index (χ2n) is 4.81. The third kappa shape index (κ3) is 3.29. The van der Waals surface area contributed by atoms with E-state index in [0.29, 0.717) is 5.95 Å². The average molecular weight is 258 g/mol. The summed E-state index contributed by atoms with van der Waals surface area (Å²) in [5.41, 5.74) is 0. The minimum absolute atomic E-state index is 0.578. The molecule has 2 aromatic rings. The molecule has 0 aliphatic carbocycles. The molecular weight excluding hydrogens is 240 g/mol. The maximum atomic E-state index is 4.50. The van der Waals surface area contributed by atoms with Crippen molar-refractivity contribution in [3.05, 3.63) is 30.7 Å². The Bertz CT molecular complexity index is 503. The largest absolute Gasteiger partial charge is 0.317 e. The van der Waals surface area contributed by atoms with Crippen LogP contribution in [0.1, 0.15) is 12.8 Å². The van der Waals surface area contributed by atoms with Gasteiger partial charge in [-0.2, -0.15) is 5.10 Å². The van der Waals surface area contributed by atoms with E-state index >= 15 is 0 Å². The predicted molar refractivity (Wildman–Crippen MR) is 73.1 cm³/mol. The molecule has 3 rings (SSSR count). The molecule has 0 spiro atoms. The van der Waals surface area contributed by atoms with Gasteiger partial charge in [0.2, 0.25) is 5.95 Å². The zero-order valence-electron chi connectivity index (χ0n) is 10.8. The number of aromatic nitrogens is 4. The Labute approximate surface area is 112 Å². The van der Waals surface area contributed by atoms with Crippen LogP contribution in [-0.4, -0.2) is 32.8 Å². The van der Waals surface area contributed by atoms with Crippen molar-refractivity contribution >= 4 is 11.8 Å². The Morgan fingerprint density at radius 2 is 2.05 bits per heavy atom. The Morgan fingerprint density at radius 1 is 1.26 bits per heavy atom. The van der Waals surface area contributed by atoms with Gasteiger partial charge in [-0.25, -0.2) is 9.97 Å². The van der Waals surface area contributed by atoms with E-state index < -0.39 is 0 Å². The molecule has 2 N–H and O–H groups in total. The Hall–Kier alpha value is -1.95. The summed E-state index contributed by atoms with van der Waals surface area (Å²) in [6.45, 7) is 3.23. The van der Waals surface area contributed by atoms with Crippen molar-refractivity contribution in [2.24, 2.45) is 5.92 Å². The maximum Gasteiger partial charge on any atom is 0.228 e. The number of rotatable bonds is 4. The molecule has 100 valence electrons. The first-order valence-electron chi connectivity index (χ1n) is 6.68. The van der Waals surface area contributed by atoms with Gasteiger partial charge in [0, 0.05) is 31.2 Å². The Balaban J connectivity index is 1.59. The highest BCUT2D eigenvalue weighted by Gasteiger charge is 2.14. The monoisotopic (exact) mass is 258 g/mol. The zero-order chi connectivity index (χ0) is 12.9. The van der Waals surface area contributed by atoms with E-state index in [4.69, 9.17) is 0 Å². The van der Waals surface area contributed by atoms with Crippen LogP contribution in [0.2, 0.25) is 0 Å². The number of piperidine rings is 1. The second-order valence-corrected chi connectivity index (χ2v) is 4.81. The van der Waals surface area contributed by atoms with Crippen LogP contribution in [0.3, 0.4) is 0 Å². The van der Waals surface area contributed by atoms with Crippen molar-refractivity contribution in [1.82, 2.24) is 25.1 Å². The van der Waals surface area contributed by atoms with Gasteiger partial charge >= 0.3 is 0 Å². The molecule has 0 saturated carbocycles. The van der Waals surface area contributed by atoms with E-state index in [1.165, 1.54) is 12.8 Å². The summed E-state index contributed by atoms with van der Waals surface area (Å²) < 4.78 is 2.00. The quantitative estimate of drug-likeness (QED) is 0.868. The van der Waals surface area contributed by atoms with Gasteiger partial charge in [-0.3, -0.25) is 4.68 Å². The molecule has 0 amide bonds. The molecule has 1 saturated heterocycles. The number of hydrogen-bond donors (Lipinski definition) is 2. The van der Waals surface area contributed by atoms with Gasteiger partial charge in [0.25, 0.3) is 0 Å². The summed E-state index contributed by atoms with van der Waals surface area (Å²) in [6, 6.07) is 3.75. The molecule has 0 aromatic carbocycles. The summed E-state index contributed by atoms with van der Waals surface area (Å²) in [6.07, 6.45) is 7.88. The highest BCUT2D eigenvalue weighted by Crippen LogP contribution is 2.15. The van der Waals surface area contributed by atoms with E-state index in [1.807, 2.05) is 16.9 Å². The van der Waals surface area contributed by atoms with E-state index in [2.05, 4.69) is 25.7 Å². The first-order valence-corrected chi connectivity index (χ1v) is 6.68. The van der Waals surface area contributed by atoms with Crippen molar-refractivity contribution in [2.45, 2.75) is 19.4 Å². The fourth-order valence-corrected chi connectivity index (χ4v) is 2.34. The molecule has 6 nitrogen and oxygen atoms in total. The normalized spacial score (nSPS) is 16.4. The van der Waals surface area contributed by atoms with E-state index in [1.54, 1.807) is 18.5 Å². The van der Waals surface area contributed by atoms with Gasteiger partial charge < -0.3 is 10.6 Å².